The molecule has 0 radical (unpaired) electrons. The molecule has 0 saturated heterocycles. The van der Waals surface area contributed by atoms with E-state index >= 15 is 0 Å². The van der Waals surface area contributed by atoms with Gasteiger partial charge in [0.15, 0.2) is 0 Å². The third kappa shape index (κ3) is 3.77. The maximum absolute atomic E-state index is 9.38. The summed E-state index contributed by atoms with van der Waals surface area (Å²) in [6.07, 6.45) is -0.371. The molecular formula is C8H17N5OS. The Morgan fingerprint density at radius 2 is 2.27 bits per heavy atom. The Morgan fingerprint density at radius 3 is 2.87 bits per heavy atom. The number of aliphatic hydroxyl groups is 1. The number of tetrazole rings is 1. The van der Waals surface area contributed by atoms with Crippen LogP contribution in [0.5, 0.6) is 0 Å². The molecule has 1 aromatic heterocycles. The lowest BCUT2D eigenvalue weighted by atomic mass is 10.3. The first-order valence-electron chi connectivity index (χ1n) is 4.90. The molecule has 86 valence electrons. The van der Waals surface area contributed by atoms with E-state index in [4.69, 9.17) is 0 Å². The van der Waals surface area contributed by atoms with Gasteiger partial charge in [0, 0.05) is 11.8 Å². The van der Waals surface area contributed by atoms with Crippen LogP contribution in [0.4, 0.5) is 0 Å². The minimum atomic E-state index is -0.371. The van der Waals surface area contributed by atoms with E-state index in [1.54, 1.807) is 11.6 Å². The van der Waals surface area contributed by atoms with Crippen molar-refractivity contribution in [1.29, 1.82) is 0 Å². The fourth-order valence-electron chi connectivity index (χ4n) is 0.904. The molecule has 6 nitrogen and oxygen atoms in total. The third-order valence-electron chi connectivity index (χ3n) is 2.04. The van der Waals surface area contributed by atoms with Crippen molar-refractivity contribution in [3.8, 4) is 0 Å². The van der Waals surface area contributed by atoms with Gasteiger partial charge in [-0.2, -0.15) is 0 Å². The Labute approximate surface area is 93.4 Å². The van der Waals surface area contributed by atoms with E-state index in [0.717, 1.165) is 18.2 Å². The first-order chi connectivity index (χ1) is 7.15. The Kier molecular flexibility index (Phi) is 5.00. The molecule has 0 amide bonds. The first-order valence-corrected chi connectivity index (χ1v) is 5.78. The maximum Gasteiger partial charge on any atom is 0.209 e. The lowest BCUT2D eigenvalue weighted by Gasteiger charge is -2.12. The predicted molar refractivity (Wildman–Crippen MR) is 58.7 cm³/mol. The van der Waals surface area contributed by atoms with Crippen molar-refractivity contribution in [1.82, 2.24) is 25.5 Å². The molecule has 0 aliphatic carbocycles. The molecular weight excluding hydrogens is 214 g/mol. The van der Waals surface area contributed by atoms with E-state index in [-0.39, 0.29) is 11.4 Å². The Morgan fingerprint density at radius 1 is 1.53 bits per heavy atom. The standard InChI is InChI=1S/C8H17N5OS/c1-6(14)7(2)15-8-10-11-12-13(8)5-4-9-3/h6-7,9,14H,4-5H2,1-3H3. The highest BCUT2D eigenvalue weighted by Gasteiger charge is 2.15. The van der Waals surface area contributed by atoms with Crippen LogP contribution >= 0.6 is 11.8 Å². The summed E-state index contributed by atoms with van der Waals surface area (Å²) >= 11 is 1.48. The van der Waals surface area contributed by atoms with Gasteiger partial charge in [0.1, 0.15) is 0 Å². The number of thioether (sulfide) groups is 1. The van der Waals surface area contributed by atoms with E-state index in [1.807, 2.05) is 14.0 Å². The van der Waals surface area contributed by atoms with Gasteiger partial charge in [-0.05, 0) is 24.4 Å². The molecule has 0 saturated carbocycles. The van der Waals surface area contributed by atoms with Crippen LogP contribution in [0.3, 0.4) is 0 Å². The van der Waals surface area contributed by atoms with Gasteiger partial charge in [0.05, 0.1) is 12.6 Å². The summed E-state index contributed by atoms with van der Waals surface area (Å²) in [5, 5.41) is 24.7. The van der Waals surface area contributed by atoms with Crippen LogP contribution in [0.15, 0.2) is 5.16 Å². The summed E-state index contributed by atoms with van der Waals surface area (Å²) in [6.45, 7) is 5.27. The summed E-state index contributed by atoms with van der Waals surface area (Å²) in [6, 6.07) is 0. The largest absolute Gasteiger partial charge is 0.392 e. The van der Waals surface area contributed by atoms with Gasteiger partial charge >= 0.3 is 0 Å². The highest BCUT2D eigenvalue weighted by molar-refractivity contribution is 7.99. The monoisotopic (exact) mass is 231 g/mol. The zero-order valence-electron chi connectivity index (χ0n) is 9.21. The van der Waals surface area contributed by atoms with Gasteiger partial charge in [-0.15, -0.1) is 5.10 Å². The SMILES string of the molecule is CNCCn1nnnc1SC(C)C(C)O. The Bertz CT molecular complexity index is 290. The molecule has 0 aliphatic heterocycles. The summed E-state index contributed by atoms with van der Waals surface area (Å²) < 4.78 is 1.74. The second-order valence-electron chi connectivity index (χ2n) is 3.35. The van der Waals surface area contributed by atoms with Crippen molar-refractivity contribution >= 4 is 11.8 Å². The van der Waals surface area contributed by atoms with Gasteiger partial charge in [0.25, 0.3) is 0 Å². The van der Waals surface area contributed by atoms with Gasteiger partial charge in [-0.1, -0.05) is 18.7 Å². The Balaban J connectivity index is 2.56. The van der Waals surface area contributed by atoms with Crippen LogP contribution in [-0.4, -0.2) is 50.3 Å². The second-order valence-corrected chi connectivity index (χ2v) is 4.70. The van der Waals surface area contributed by atoms with Crippen LogP contribution < -0.4 is 5.32 Å². The predicted octanol–water partition coefficient (Wildman–Crippen LogP) is -0.246. The Hall–Kier alpha value is -0.660. The average Bonchev–Trinajstić information content (AvgIpc) is 2.62. The number of rotatable bonds is 6. The van der Waals surface area contributed by atoms with Gasteiger partial charge in [-0.3, -0.25) is 0 Å². The van der Waals surface area contributed by atoms with Gasteiger partial charge < -0.3 is 10.4 Å². The highest BCUT2D eigenvalue weighted by Crippen LogP contribution is 2.21. The smallest absolute Gasteiger partial charge is 0.209 e. The van der Waals surface area contributed by atoms with Crippen molar-refractivity contribution in [2.75, 3.05) is 13.6 Å². The summed E-state index contributed by atoms with van der Waals surface area (Å²) in [5.74, 6) is 0. The lowest BCUT2D eigenvalue weighted by molar-refractivity contribution is 0.196. The van der Waals surface area contributed by atoms with Crippen LogP contribution in [0.2, 0.25) is 0 Å². The van der Waals surface area contributed by atoms with E-state index in [1.165, 1.54) is 11.8 Å². The van der Waals surface area contributed by atoms with Crippen molar-refractivity contribution in [3.05, 3.63) is 0 Å². The summed E-state index contributed by atoms with van der Waals surface area (Å²) in [7, 11) is 1.88. The third-order valence-corrected chi connectivity index (χ3v) is 3.31. The van der Waals surface area contributed by atoms with Crippen LogP contribution in [-0.2, 0) is 6.54 Å². The molecule has 2 unspecified atom stereocenters. The van der Waals surface area contributed by atoms with Crippen LogP contribution in [0, 0.1) is 0 Å². The van der Waals surface area contributed by atoms with Gasteiger partial charge in [-0.25, -0.2) is 4.68 Å². The molecule has 0 aliphatic rings. The van der Waals surface area contributed by atoms with Crippen molar-refractivity contribution in [2.24, 2.45) is 0 Å². The molecule has 1 rings (SSSR count). The quantitative estimate of drug-likeness (QED) is 0.658. The molecule has 7 heteroatoms. The topological polar surface area (TPSA) is 75.9 Å². The van der Waals surface area contributed by atoms with Crippen LogP contribution in [0.1, 0.15) is 13.8 Å². The average molecular weight is 231 g/mol. The second kappa shape index (κ2) is 6.04. The van der Waals surface area contributed by atoms with Gasteiger partial charge in [0.2, 0.25) is 5.16 Å². The molecule has 2 atom stereocenters. The molecule has 0 fully saturated rings. The lowest BCUT2D eigenvalue weighted by Crippen LogP contribution is -2.19. The fourth-order valence-corrected chi connectivity index (χ4v) is 1.77. The number of aromatic nitrogens is 4. The van der Waals surface area contributed by atoms with Crippen LogP contribution in [0.25, 0.3) is 0 Å². The molecule has 0 spiro atoms. The van der Waals surface area contributed by atoms with E-state index in [9.17, 15) is 5.11 Å². The number of nitrogens with one attached hydrogen (secondary N) is 1. The zero-order valence-corrected chi connectivity index (χ0v) is 10.0. The summed E-state index contributed by atoms with van der Waals surface area (Å²) in [5.41, 5.74) is 0. The van der Waals surface area contributed by atoms with E-state index in [2.05, 4.69) is 20.8 Å². The minimum absolute atomic E-state index is 0.0873. The number of likely N-dealkylation sites (N-methyl/N-ethyl adjacent to an activating group) is 1. The van der Waals surface area contributed by atoms with Crippen molar-refractivity contribution < 1.29 is 5.11 Å². The normalized spacial score (nSPS) is 15.2. The first kappa shape index (κ1) is 12.4. The van der Waals surface area contributed by atoms with E-state index < -0.39 is 0 Å². The molecule has 15 heavy (non-hydrogen) atoms. The molecule has 2 N–H and O–H groups in total. The van der Waals surface area contributed by atoms with Crippen molar-refractivity contribution in [2.45, 2.75) is 36.9 Å². The molecule has 1 heterocycles. The fraction of sp³-hybridized carbons (Fsp3) is 0.875. The molecule has 0 aromatic carbocycles. The number of hydrogen-bond donors (Lipinski definition) is 2. The minimum Gasteiger partial charge on any atom is -0.392 e. The number of hydrogen-bond acceptors (Lipinski definition) is 6. The zero-order chi connectivity index (χ0) is 11.3. The van der Waals surface area contributed by atoms with Crippen molar-refractivity contribution in [3.63, 3.8) is 0 Å². The highest BCUT2D eigenvalue weighted by atomic mass is 32.2. The number of aliphatic hydroxyl groups excluding tert-OH is 1. The number of nitrogens with zero attached hydrogens (tertiary/aromatic N) is 4. The maximum atomic E-state index is 9.38. The molecule has 1 aromatic rings. The van der Waals surface area contributed by atoms with E-state index in [0.29, 0.717) is 0 Å². The summed E-state index contributed by atoms with van der Waals surface area (Å²) in [4.78, 5) is 0. The molecule has 0 bridgehead atoms.